The molecule has 0 atom stereocenters. The number of thiophene rings is 2. The minimum atomic E-state index is 0.0807. The molecule has 2 aromatic heterocycles. The molecule has 0 saturated carbocycles. The molecule has 0 aliphatic rings. The SMILES string of the molecule is Cc1ccsc1/C=C/C(=O)c1ccc(Cc2ccccc2)s1. The molecule has 0 radical (unpaired) electrons. The fraction of sp³-hybridized carbons (Fsp3) is 0.105. The van der Waals surface area contributed by atoms with E-state index in [0.717, 1.165) is 16.2 Å². The summed E-state index contributed by atoms with van der Waals surface area (Å²) in [5.74, 6) is 0.0807. The van der Waals surface area contributed by atoms with Crippen LogP contribution in [0.25, 0.3) is 6.08 Å². The largest absolute Gasteiger partial charge is 0.288 e. The monoisotopic (exact) mass is 324 g/mol. The lowest BCUT2D eigenvalue weighted by molar-refractivity contribution is 0.105. The highest BCUT2D eigenvalue weighted by Gasteiger charge is 2.07. The Labute approximate surface area is 138 Å². The molecular formula is C19H16OS2. The van der Waals surface area contributed by atoms with Crippen LogP contribution in [0.3, 0.4) is 0 Å². The molecule has 0 unspecified atom stereocenters. The van der Waals surface area contributed by atoms with E-state index in [1.165, 1.54) is 16.0 Å². The van der Waals surface area contributed by atoms with Crippen molar-refractivity contribution in [2.75, 3.05) is 0 Å². The molecule has 0 N–H and O–H groups in total. The number of allylic oxidation sites excluding steroid dienone is 1. The van der Waals surface area contributed by atoms with E-state index in [0.29, 0.717) is 0 Å². The van der Waals surface area contributed by atoms with Crippen molar-refractivity contribution >= 4 is 34.5 Å². The molecule has 3 heteroatoms. The Hall–Kier alpha value is -1.97. The van der Waals surface area contributed by atoms with Gasteiger partial charge < -0.3 is 0 Å². The van der Waals surface area contributed by atoms with Crippen LogP contribution in [-0.2, 0) is 6.42 Å². The van der Waals surface area contributed by atoms with Crippen molar-refractivity contribution in [3.63, 3.8) is 0 Å². The average Bonchev–Trinajstić information content (AvgIpc) is 3.15. The molecule has 0 spiro atoms. The van der Waals surface area contributed by atoms with E-state index in [4.69, 9.17) is 0 Å². The van der Waals surface area contributed by atoms with Gasteiger partial charge in [-0.05, 0) is 53.8 Å². The van der Waals surface area contributed by atoms with Crippen molar-refractivity contribution in [1.82, 2.24) is 0 Å². The Morgan fingerprint density at radius 2 is 1.91 bits per heavy atom. The summed E-state index contributed by atoms with van der Waals surface area (Å²) in [5.41, 5.74) is 2.48. The van der Waals surface area contributed by atoms with Crippen LogP contribution in [0, 0.1) is 6.92 Å². The maximum Gasteiger partial charge on any atom is 0.195 e. The first-order chi connectivity index (χ1) is 10.7. The van der Waals surface area contributed by atoms with Gasteiger partial charge in [0.05, 0.1) is 4.88 Å². The summed E-state index contributed by atoms with van der Waals surface area (Å²) >= 11 is 3.24. The van der Waals surface area contributed by atoms with Crippen LogP contribution in [0.15, 0.2) is 60.0 Å². The van der Waals surface area contributed by atoms with E-state index in [-0.39, 0.29) is 5.78 Å². The predicted molar refractivity (Wildman–Crippen MR) is 96.0 cm³/mol. The summed E-state index contributed by atoms with van der Waals surface area (Å²) < 4.78 is 0. The van der Waals surface area contributed by atoms with Gasteiger partial charge in [0, 0.05) is 16.2 Å². The van der Waals surface area contributed by atoms with Crippen molar-refractivity contribution in [2.24, 2.45) is 0 Å². The van der Waals surface area contributed by atoms with E-state index in [1.54, 1.807) is 28.7 Å². The van der Waals surface area contributed by atoms with E-state index in [9.17, 15) is 4.79 Å². The van der Waals surface area contributed by atoms with Crippen LogP contribution in [0.2, 0.25) is 0 Å². The first-order valence-corrected chi connectivity index (χ1v) is 8.81. The molecule has 0 aliphatic heterocycles. The van der Waals surface area contributed by atoms with Gasteiger partial charge in [0.15, 0.2) is 5.78 Å². The quantitative estimate of drug-likeness (QED) is 0.441. The fourth-order valence-electron chi connectivity index (χ4n) is 2.19. The number of rotatable bonds is 5. The standard InChI is InChI=1S/C19H16OS2/c1-14-11-12-21-18(14)10-8-17(20)19-9-7-16(22-19)13-15-5-3-2-4-6-15/h2-12H,13H2,1H3/b10-8+. The zero-order valence-electron chi connectivity index (χ0n) is 12.3. The van der Waals surface area contributed by atoms with Gasteiger partial charge in [-0.1, -0.05) is 30.3 Å². The zero-order valence-corrected chi connectivity index (χ0v) is 13.9. The maximum atomic E-state index is 12.2. The Morgan fingerprint density at radius 1 is 1.09 bits per heavy atom. The van der Waals surface area contributed by atoms with Crippen molar-refractivity contribution in [3.05, 3.63) is 85.7 Å². The van der Waals surface area contributed by atoms with Crippen LogP contribution < -0.4 is 0 Å². The normalized spacial score (nSPS) is 11.1. The second kappa shape index (κ2) is 6.86. The fourth-order valence-corrected chi connectivity index (χ4v) is 3.97. The van der Waals surface area contributed by atoms with Crippen molar-refractivity contribution < 1.29 is 4.79 Å². The Morgan fingerprint density at radius 3 is 2.64 bits per heavy atom. The summed E-state index contributed by atoms with van der Waals surface area (Å²) in [5, 5.41) is 2.04. The van der Waals surface area contributed by atoms with E-state index in [2.05, 4.69) is 31.2 Å². The third-order valence-corrected chi connectivity index (χ3v) is 5.50. The second-order valence-corrected chi connectivity index (χ2v) is 7.21. The van der Waals surface area contributed by atoms with Gasteiger partial charge in [-0.3, -0.25) is 4.79 Å². The second-order valence-electron chi connectivity index (χ2n) is 5.09. The van der Waals surface area contributed by atoms with Crippen LogP contribution in [0.1, 0.15) is 30.6 Å². The number of ketones is 1. The van der Waals surface area contributed by atoms with E-state index < -0.39 is 0 Å². The van der Waals surface area contributed by atoms with Gasteiger partial charge in [0.1, 0.15) is 0 Å². The van der Waals surface area contributed by atoms with E-state index >= 15 is 0 Å². The third-order valence-electron chi connectivity index (χ3n) is 3.41. The molecule has 1 aromatic carbocycles. The highest BCUT2D eigenvalue weighted by atomic mass is 32.1. The first-order valence-electron chi connectivity index (χ1n) is 7.11. The summed E-state index contributed by atoms with van der Waals surface area (Å²) in [7, 11) is 0. The molecule has 1 nitrogen and oxygen atoms in total. The molecule has 22 heavy (non-hydrogen) atoms. The van der Waals surface area contributed by atoms with Gasteiger partial charge in [-0.15, -0.1) is 22.7 Å². The minimum Gasteiger partial charge on any atom is -0.288 e. The molecule has 0 bridgehead atoms. The number of hydrogen-bond acceptors (Lipinski definition) is 3. The summed E-state index contributed by atoms with van der Waals surface area (Å²) in [6.07, 6.45) is 4.47. The number of carbonyl (C=O) groups is 1. The number of carbonyl (C=O) groups excluding carboxylic acids is 1. The molecule has 0 aliphatic carbocycles. The first kappa shape index (κ1) is 14.9. The lowest BCUT2D eigenvalue weighted by atomic mass is 10.1. The topological polar surface area (TPSA) is 17.1 Å². The number of aryl methyl sites for hydroxylation is 1. The summed E-state index contributed by atoms with van der Waals surface area (Å²) in [4.78, 5) is 15.4. The van der Waals surface area contributed by atoms with Gasteiger partial charge in [0.2, 0.25) is 0 Å². The van der Waals surface area contributed by atoms with Crippen molar-refractivity contribution in [3.8, 4) is 0 Å². The molecule has 0 amide bonds. The molecule has 110 valence electrons. The van der Waals surface area contributed by atoms with Crippen LogP contribution >= 0.6 is 22.7 Å². The molecular weight excluding hydrogens is 308 g/mol. The Balaban J connectivity index is 1.69. The predicted octanol–water partition coefficient (Wildman–Crippen LogP) is 5.60. The molecule has 3 rings (SSSR count). The highest BCUT2D eigenvalue weighted by molar-refractivity contribution is 7.14. The van der Waals surface area contributed by atoms with E-state index in [1.807, 2.05) is 35.7 Å². The molecule has 0 fully saturated rings. The third kappa shape index (κ3) is 3.62. The van der Waals surface area contributed by atoms with Crippen LogP contribution in [-0.4, -0.2) is 5.78 Å². The Bertz CT molecular complexity index is 794. The molecule has 2 heterocycles. The maximum absolute atomic E-state index is 12.2. The van der Waals surface area contributed by atoms with Gasteiger partial charge in [-0.25, -0.2) is 0 Å². The smallest absolute Gasteiger partial charge is 0.195 e. The van der Waals surface area contributed by atoms with Gasteiger partial charge >= 0.3 is 0 Å². The summed E-state index contributed by atoms with van der Waals surface area (Å²) in [6.45, 7) is 2.06. The minimum absolute atomic E-state index is 0.0807. The number of hydrogen-bond donors (Lipinski definition) is 0. The molecule has 3 aromatic rings. The van der Waals surface area contributed by atoms with Crippen molar-refractivity contribution in [1.29, 1.82) is 0 Å². The van der Waals surface area contributed by atoms with Crippen molar-refractivity contribution in [2.45, 2.75) is 13.3 Å². The highest BCUT2D eigenvalue weighted by Crippen LogP contribution is 2.22. The summed E-state index contributed by atoms with van der Waals surface area (Å²) in [6, 6.07) is 16.4. The van der Waals surface area contributed by atoms with Crippen LogP contribution in [0.4, 0.5) is 0 Å². The van der Waals surface area contributed by atoms with Gasteiger partial charge in [-0.2, -0.15) is 0 Å². The average molecular weight is 324 g/mol. The lowest BCUT2D eigenvalue weighted by Crippen LogP contribution is -1.88. The zero-order chi connectivity index (χ0) is 15.4. The Kier molecular flexibility index (Phi) is 4.66. The number of benzene rings is 1. The molecule has 0 saturated heterocycles. The van der Waals surface area contributed by atoms with Gasteiger partial charge in [0.25, 0.3) is 0 Å². The van der Waals surface area contributed by atoms with Crippen LogP contribution in [0.5, 0.6) is 0 Å². The lowest BCUT2D eigenvalue weighted by Gasteiger charge is -1.97.